The quantitative estimate of drug-likeness (QED) is 0.211. The van der Waals surface area contributed by atoms with Crippen LogP contribution < -0.4 is 10.6 Å². The lowest BCUT2D eigenvalue weighted by atomic mass is 9.99. The van der Waals surface area contributed by atoms with Gasteiger partial charge in [0.05, 0.1) is 0 Å². The van der Waals surface area contributed by atoms with Crippen LogP contribution in [0, 0.1) is 32.6 Å². The zero-order chi connectivity index (χ0) is 32.8. The van der Waals surface area contributed by atoms with Gasteiger partial charge in [-0.05, 0) is 88.1 Å². The summed E-state index contributed by atoms with van der Waals surface area (Å²) < 4.78 is 0. The van der Waals surface area contributed by atoms with E-state index < -0.39 is 0 Å². The van der Waals surface area contributed by atoms with Crippen LogP contribution in [0.5, 0.6) is 0 Å². The van der Waals surface area contributed by atoms with Gasteiger partial charge in [0.15, 0.2) is 10.3 Å². The van der Waals surface area contributed by atoms with Gasteiger partial charge in [-0.3, -0.25) is 9.59 Å². The molecule has 2 aliphatic rings. The molecule has 0 bridgehead atoms. The molecule has 11 heteroatoms. The number of hydrogen-bond acceptors (Lipinski definition) is 8. The maximum atomic E-state index is 12.7. The number of nitrogens with one attached hydrogen (secondary N) is 2. The zero-order valence-electron chi connectivity index (χ0n) is 27.2. The Bertz CT molecular complexity index is 1650. The van der Waals surface area contributed by atoms with Gasteiger partial charge in [0.25, 0.3) is 11.8 Å². The fraction of sp³-hybridized carbons (Fsp3) is 0.429. The molecule has 0 atom stereocenters. The lowest BCUT2D eigenvalue weighted by Gasteiger charge is -2.29. The number of carbonyl (C=O) groups excluding carboxylic acids is 2. The molecule has 2 saturated heterocycles. The number of anilines is 4. The average molecular weight is 679 g/mol. The van der Waals surface area contributed by atoms with Crippen molar-refractivity contribution in [3.05, 3.63) is 80.3 Å². The number of aryl methyl sites for hydroxylation is 3. The van der Waals surface area contributed by atoms with Gasteiger partial charge in [-0.2, -0.15) is 0 Å². The minimum Gasteiger partial charge on any atom is -0.337 e. The van der Waals surface area contributed by atoms with Crippen LogP contribution in [0.15, 0.2) is 47.8 Å². The van der Waals surface area contributed by atoms with Gasteiger partial charge in [-0.1, -0.05) is 49.2 Å². The summed E-state index contributed by atoms with van der Waals surface area (Å²) in [6, 6.07) is 13.7. The third-order valence-corrected chi connectivity index (χ3v) is 10.4. The van der Waals surface area contributed by atoms with E-state index in [1.54, 1.807) is 11.3 Å². The molecule has 2 N–H and O–H groups in total. The van der Waals surface area contributed by atoms with Crippen molar-refractivity contribution in [2.75, 3.05) is 36.8 Å². The smallest absolute Gasteiger partial charge is 0.273 e. The summed E-state index contributed by atoms with van der Waals surface area (Å²) in [6.45, 7) is 14.0. The Morgan fingerprint density at radius 2 is 1.48 bits per heavy atom. The largest absolute Gasteiger partial charge is 0.337 e. The number of benzene rings is 2. The standard InChI is InChI=1S/C19H25N3OS.C16H18ClN3OS/c1-12-7-9-22(10-8-12)18(23)17-15(4)24-19(21-17)20-16-6-5-13(2)11-14(16)3;1-11-5-7-20(8-6-11)15(21)14-10-22-16(19-14)18-13-4-2-3-12(17)9-13/h5-6,11-12H,7-10H2,1-4H3,(H,20,21);2-4,9-11H,5-8H2,1H3,(H,18,19). The number of thiazole rings is 2. The molecule has 6 rings (SSSR count). The van der Waals surface area contributed by atoms with E-state index in [0.717, 1.165) is 73.2 Å². The van der Waals surface area contributed by atoms with Gasteiger partial charge in [-0.25, -0.2) is 9.97 Å². The summed E-state index contributed by atoms with van der Waals surface area (Å²) in [5.41, 5.74) is 5.45. The van der Waals surface area contributed by atoms with E-state index in [1.807, 2.05) is 46.4 Å². The Morgan fingerprint density at radius 3 is 2.11 bits per heavy atom. The Kier molecular flexibility index (Phi) is 11.4. The van der Waals surface area contributed by atoms with Crippen molar-refractivity contribution in [1.82, 2.24) is 19.8 Å². The molecule has 2 amide bonds. The van der Waals surface area contributed by atoms with Crippen molar-refractivity contribution in [2.45, 2.75) is 60.3 Å². The summed E-state index contributed by atoms with van der Waals surface area (Å²) in [6.07, 6.45) is 4.32. The van der Waals surface area contributed by atoms with E-state index in [-0.39, 0.29) is 11.8 Å². The number of carbonyl (C=O) groups is 2. The molecule has 0 saturated carbocycles. The van der Waals surface area contributed by atoms with Crippen molar-refractivity contribution in [3.63, 3.8) is 0 Å². The molecule has 2 aromatic carbocycles. The maximum absolute atomic E-state index is 12.7. The van der Waals surface area contributed by atoms with Gasteiger partial charge >= 0.3 is 0 Å². The van der Waals surface area contributed by atoms with Crippen LogP contribution in [0.4, 0.5) is 21.6 Å². The molecule has 0 spiro atoms. The Balaban J connectivity index is 0.000000182. The summed E-state index contributed by atoms with van der Waals surface area (Å²) >= 11 is 8.94. The number of aromatic nitrogens is 2. The molecule has 2 fully saturated rings. The molecular formula is C35H43ClN6O2S2. The van der Waals surface area contributed by atoms with E-state index in [4.69, 9.17) is 11.6 Å². The molecule has 2 aromatic heterocycles. The Hall–Kier alpha value is -3.47. The monoisotopic (exact) mass is 678 g/mol. The molecular weight excluding hydrogens is 636 g/mol. The van der Waals surface area contributed by atoms with Crippen LogP contribution >= 0.6 is 34.3 Å². The highest BCUT2D eigenvalue weighted by Crippen LogP contribution is 2.29. The number of hydrogen-bond donors (Lipinski definition) is 2. The first-order valence-corrected chi connectivity index (χ1v) is 18.0. The minimum absolute atomic E-state index is 0.0299. The molecule has 8 nitrogen and oxygen atoms in total. The van der Waals surface area contributed by atoms with E-state index in [0.29, 0.717) is 33.4 Å². The van der Waals surface area contributed by atoms with Crippen molar-refractivity contribution in [3.8, 4) is 0 Å². The highest BCUT2D eigenvalue weighted by Gasteiger charge is 2.26. The SMILES string of the molecule is CC1CCN(C(=O)c2csc(Nc3cccc(Cl)c3)n2)CC1.Cc1ccc(Nc2nc(C(=O)N3CCC(C)CC3)c(C)s2)c(C)c1. The fourth-order valence-electron chi connectivity index (χ4n) is 5.57. The first-order chi connectivity index (χ1) is 22.0. The number of rotatable bonds is 6. The highest BCUT2D eigenvalue weighted by atomic mass is 35.5. The topological polar surface area (TPSA) is 90.5 Å². The van der Waals surface area contributed by atoms with Crippen molar-refractivity contribution in [1.29, 1.82) is 0 Å². The van der Waals surface area contributed by atoms with Crippen LogP contribution in [-0.2, 0) is 0 Å². The van der Waals surface area contributed by atoms with Crippen molar-refractivity contribution >= 4 is 67.7 Å². The lowest BCUT2D eigenvalue weighted by Crippen LogP contribution is -2.38. The van der Waals surface area contributed by atoms with Crippen LogP contribution in [0.3, 0.4) is 0 Å². The zero-order valence-corrected chi connectivity index (χ0v) is 29.6. The number of amides is 2. The highest BCUT2D eigenvalue weighted by molar-refractivity contribution is 7.16. The summed E-state index contributed by atoms with van der Waals surface area (Å²) in [4.78, 5) is 39.0. The second-order valence-corrected chi connectivity index (χ2v) is 15.0. The Labute approximate surface area is 285 Å². The average Bonchev–Trinajstić information content (AvgIpc) is 3.65. The van der Waals surface area contributed by atoms with Crippen LogP contribution in [0.25, 0.3) is 0 Å². The summed E-state index contributed by atoms with van der Waals surface area (Å²) in [5.74, 6) is 1.53. The second kappa shape index (κ2) is 15.4. The lowest BCUT2D eigenvalue weighted by molar-refractivity contribution is 0.0684. The second-order valence-electron chi connectivity index (χ2n) is 12.5. The number of nitrogens with zero attached hydrogens (tertiary/aromatic N) is 4. The minimum atomic E-state index is 0.0299. The van der Waals surface area contributed by atoms with Crippen LogP contribution in [0.1, 0.15) is 76.5 Å². The summed E-state index contributed by atoms with van der Waals surface area (Å²) in [5, 5.41) is 10.5. The molecule has 244 valence electrons. The van der Waals surface area contributed by atoms with Gasteiger partial charge < -0.3 is 20.4 Å². The van der Waals surface area contributed by atoms with Crippen LogP contribution in [0.2, 0.25) is 5.02 Å². The predicted octanol–water partition coefficient (Wildman–Crippen LogP) is 9.10. The van der Waals surface area contributed by atoms with Crippen molar-refractivity contribution < 1.29 is 9.59 Å². The number of likely N-dealkylation sites (tertiary alicyclic amines) is 2. The molecule has 46 heavy (non-hydrogen) atoms. The molecule has 0 unspecified atom stereocenters. The maximum Gasteiger partial charge on any atom is 0.273 e. The van der Waals surface area contributed by atoms with Crippen molar-refractivity contribution in [2.24, 2.45) is 11.8 Å². The van der Waals surface area contributed by atoms with Gasteiger partial charge in [0.2, 0.25) is 0 Å². The summed E-state index contributed by atoms with van der Waals surface area (Å²) in [7, 11) is 0. The van der Waals surface area contributed by atoms with Gasteiger partial charge in [-0.15, -0.1) is 22.7 Å². The van der Waals surface area contributed by atoms with E-state index in [1.165, 1.54) is 22.5 Å². The molecule has 0 aliphatic carbocycles. The third-order valence-electron chi connectivity index (χ3n) is 8.56. The molecule has 2 aliphatic heterocycles. The first-order valence-electron chi connectivity index (χ1n) is 15.9. The molecule has 4 aromatic rings. The Morgan fingerprint density at radius 1 is 0.826 bits per heavy atom. The first kappa shape index (κ1) is 33.9. The van der Waals surface area contributed by atoms with E-state index in [9.17, 15) is 9.59 Å². The third kappa shape index (κ3) is 8.86. The van der Waals surface area contributed by atoms with Crippen LogP contribution in [-0.4, -0.2) is 57.8 Å². The molecule has 0 radical (unpaired) electrons. The number of halogens is 1. The number of piperidine rings is 2. The fourth-order valence-corrected chi connectivity index (χ4v) is 7.28. The van der Waals surface area contributed by atoms with E-state index in [2.05, 4.69) is 66.5 Å². The van der Waals surface area contributed by atoms with Gasteiger partial charge in [0, 0.05) is 52.8 Å². The van der Waals surface area contributed by atoms with E-state index >= 15 is 0 Å². The normalized spacial score (nSPS) is 15.7. The van der Waals surface area contributed by atoms with Gasteiger partial charge in [0.1, 0.15) is 11.4 Å². The molecule has 4 heterocycles. The predicted molar refractivity (Wildman–Crippen MR) is 192 cm³/mol.